The van der Waals surface area contributed by atoms with Crippen LogP contribution in [0.4, 0.5) is 18.9 Å². The molecule has 0 saturated carbocycles. The van der Waals surface area contributed by atoms with Crippen molar-refractivity contribution in [3.63, 3.8) is 0 Å². The highest BCUT2D eigenvalue weighted by Crippen LogP contribution is 2.23. The fraction of sp³-hybridized carbons (Fsp3) is 0.278. The molecule has 0 fully saturated rings. The van der Waals surface area contributed by atoms with Crippen LogP contribution in [0.15, 0.2) is 54.6 Å². The quantitative estimate of drug-likeness (QED) is 0.804. The van der Waals surface area contributed by atoms with Crippen LogP contribution in [0.3, 0.4) is 0 Å². The molecular weight excluding hydrogens is 333 g/mol. The highest BCUT2D eigenvalue weighted by Gasteiger charge is 2.30. The van der Waals surface area contributed by atoms with Gasteiger partial charge in [0.2, 0.25) is 0 Å². The van der Waals surface area contributed by atoms with Crippen molar-refractivity contribution < 1.29 is 27.6 Å². The Morgan fingerprint density at radius 3 is 2.28 bits per heavy atom. The molecule has 0 spiro atoms. The molecule has 2 aromatic carbocycles. The van der Waals surface area contributed by atoms with Crippen molar-refractivity contribution in [3.05, 3.63) is 60.2 Å². The summed E-state index contributed by atoms with van der Waals surface area (Å²) in [6.07, 6.45) is -4.73. The Balaban J connectivity index is 1.88. The molecule has 25 heavy (non-hydrogen) atoms. The minimum Gasteiger partial charge on any atom is -0.406 e. The first-order chi connectivity index (χ1) is 11.9. The number of anilines is 1. The highest BCUT2D eigenvalue weighted by molar-refractivity contribution is 5.91. The smallest absolute Gasteiger partial charge is 0.406 e. The van der Waals surface area contributed by atoms with E-state index in [0.717, 1.165) is 35.7 Å². The van der Waals surface area contributed by atoms with Gasteiger partial charge in [0.1, 0.15) is 12.3 Å². The highest BCUT2D eigenvalue weighted by atomic mass is 19.4. The second-order valence-electron chi connectivity index (χ2n) is 5.56. The largest absolute Gasteiger partial charge is 0.573 e. The zero-order chi connectivity index (χ0) is 18.3. The summed E-state index contributed by atoms with van der Waals surface area (Å²) in [5, 5.41) is 2.69. The van der Waals surface area contributed by atoms with Gasteiger partial charge in [-0.3, -0.25) is 4.79 Å². The number of benzene rings is 2. The van der Waals surface area contributed by atoms with E-state index in [9.17, 15) is 18.0 Å². The minimum atomic E-state index is -4.73. The van der Waals surface area contributed by atoms with Gasteiger partial charge in [-0.1, -0.05) is 30.3 Å². The van der Waals surface area contributed by atoms with E-state index in [0.29, 0.717) is 5.69 Å². The number of rotatable bonds is 7. The van der Waals surface area contributed by atoms with Gasteiger partial charge in [-0.05, 0) is 31.2 Å². The molecule has 2 aromatic rings. The van der Waals surface area contributed by atoms with Crippen LogP contribution in [0.1, 0.15) is 12.5 Å². The van der Waals surface area contributed by atoms with E-state index in [1.165, 1.54) is 12.1 Å². The van der Waals surface area contributed by atoms with Crippen molar-refractivity contribution in [3.8, 4) is 5.75 Å². The number of carbonyl (C=O) groups is 1. The summed E-state index contributed by atoms with van der Waals surface area (Å²) in [4.78, 5) is 13.2. The lowest BCUT2D eigenvalue weighted by molar-refractivity contribution is -0.903. The third kappa shape index (κ3) is 6.84. The normalized spacial score (nSPS) is 12.5. The van der Waals surface area contributed by atoms with E-state index >= 15 is 0 Å². The Morgan fingerprint density at radius 1 is 1.08 bits per heavy atom. The summed E-state index contributed by atoms with van der Waals surface area (Å²) in [6, 6.07) is 14.9. The predicted molar refractivity (Wildman–Crippen MR) is 88.3 cm³/mol. The molecule has 0 aliphatic rings. The molecular formula is C18H20F3N2O2+. The third-order valence-electron chi connectivity index (χ3n) is 3.58. The number of halogens is 3. The number of hydrogen-bond donors (Lipinski definition) is 2. The number of nitrogens with one attached hydrogen (secondary N) is 2. The third-order valence-corrected chi connectivity index (χ3v) is 3.58. The van der Waals surface area contributed by atoms with Crippen LogP contribution < -0.4 is 15.0 Å². The van der Waals surface area contributed by atoms with Gasteiger partial charge < -0.3 is 15.0 Å². The summed E-state index contributed by atoms with van der Waals surface area (Å²) in [6.45, 7) is 3.77. The average molecular weight is 353 g/mol. The SMILES string of the molecule is CC[NH+](CC(=O)Nc1ccc(OC(F)(F)F)cc1)Cc1ccccc1. The number of likely N-dealkylation sites (N-methyl/N-ethyl adjacent to an activating group) is 1. The van der Waals surface area contributed by atoms with Crippen LogP contribution in [-0.2, 0) is 11.3 Å². The second kappa shape index (κ2) is 8.53. The molecule has 134 valence electrons. The van der Waals surface area contributed by atoms with Crippen molar-refractivity contribution in [2.75, 3.05) is 18.4 Å². The van der Waals surface area contributed by atoms with E-state index in [1.54, 1.807) is 0 Å². The zero-order valence-electron chi connectivity index (χ0n) is 13.8. The number of ether oxygens (including phenoxy) is 1. The molecule has 2 N–H and O–H groups in total. The molecule has 1 atom stereocenters. The van der Waals surface area contributed by atoms with Crippen molar-refractivity contribution in [1.29, 1.82) is 0 Å². The number of alkyl halides is 3. The van der Waals surface area contributed by atoms with Crippen LogP contribution in [0.25, 0.3) is 0 Å². The van der Waals surface area contributed by atoms with Crippen LogP contribution in [0.2, 0.25) is 0 Å². The lowest BCUT2D eigenvalue weighted by Crippen LogP contribution is -3.11. The number of quaternary nitrogens is 1. The van der Waals surface area contributed by atoms with Crippen LogP contribution in [0, 0.1) is 0 Å². The first kappa shape index (κ1) is 18.8. The fourth-order valence-electron chi connectivity index (χ4n) is 2.37. The van der Waals surface area contributed by atoms with Gasteiger partial charge in [0.05, 0.1) is 6.54 Å². The first-order valence-corrected chi connectivity index (χ1v) is 7.89. The molecule has 0 aliphatic heterocycles. The Kier molecular flexibility index (Phi) is 6.41. The molecule has 0 bridgehead atoms. The molecule has 0 heterocycles. The first-order valence-electron chi connectivity index (χ1n) is 7.89. The summed E-state index contributed by atoms with van der Waals surface area (Å²) in [7, 11) is 0. The van der Waals surface area contributed by atoms with Crippen molar-refractivity contribution in [1.82, 2.24) is 0 Å². The summed E-state index contributed by atoms with van der Waals surface area (Å²) >= 11 is 0. The molecule has 0 radical (unpaired) electrons. The van der Waals surface area contributed by atoms with Gasteiger partial charge in [0.15, 0.2) is 6.54 Å². The molecule has 2 rings (SSSR count). The molecule has 4 nitrogen and oxygen atoms in total. The van der Waals surface area contributed by atoms with Gasteiger partial charge in [0, 0.05) is 11.3 Å². The van der Waals surface area contributed by atoms with E-state index in [1.807, 2.05) is 37.3 Å². The molecule has 1 amide bonds. The van der Waals surface area contributed by atoms with Gasteiger partial charge in [0.25, 0.3) is 5.91 Å². The maximum absolute atomic E-state index is 12.1. The van der Waals surface area contributed by atoms with E-state index in [2.05, 4.69) is 10.1 Å². The molecule has 0 saturated heterocycles. The minimum absolute atomic E-state index is 0.197. The Hall–Kier alpha value is -2.54. The maximum atomic E-state index is 12.1. The van der Waals surface area contributed by atoms with Gasteiger partial charge in [-0.15, -0.1) is 13.2 Å². The second-order valence-corrected chi connectivity index (χ2v) is 5.56. The zero-order valence-corrected chi connectivity index (χ0v) is 13.8. The number of amides is 1. The molecule has 0 aliphatic carbocycles. The Labute approximate surface area is 144 Å². The Bertz CT molecular complexity index is 673. The predicted octanol–water partition coefficient (Wildman–Crippen LogP) is 2.63. The number of carbonyl (C=O) groups excluding carboxylic acids is 1. The molecule has 7 heteroatoms. The molecule has 0 aromatic heterocycles. The summed E-state index contributed by atoms with van der Waals surface area (Å²) in [5.41, 5.74) is 1.57. The summed E-state index contributed by atoms with van der Waals surface area (Å²) in [5.74, 6) is -0.521. The lowest BCUT2D eigenvalue weighted by Gasteiger charge is -2.17. The summed E-state index contributed by atoms with van der Waals surface area (Å²) < 4.78 is 40.1. The van der Waals surface area contributed by atoms with Gasteiger partial charge >= 0.3 is 6.36 Å². The van der Waals surface area contributed by atoms with E-state index < -0.39 is 6.36 Å². The maximum Gasteiger partial charge on any atom is 0.573 e. The lowest BCUT2D eigenvalue weighted by atomic mass is 10.2. The van der Waals surface area contributed by atoms with Crippen LogP contribution in [-0.4, -0.2) is 25.4 Å². The van der Waals surface area contributed by atoms with Crippen LogP contribution >= 0.6 is 0 Å². The van der Waals surface area contributed by atoms with Crippen LogP contribution in [0.5, 0.6) is 5.75 Å². The number of hydrogen-bond acceptors (Lipinski definition) is 2. The van der Waals surface area contributed by atoms with Crippen molar-refractivity contribution >= 4 is 11.6 Å². The standard InChI is InChI=1S/C18H19F3N2O2/c1-2-23(12-14-6-4-3-5-7-14)13-17(24)22-15-8-10-16(11-9-15)25-18(19,20)21/h3-11H,2,12-13H2,1H3,(H,22,24)/p+1. The van der Waals surface area contributed by atoms with Crippen molar-refractivity contribution in [2.45, 2.75) is 19.8 Å². The van der Waals surface area contributed by atoms with Gasteiger partial charge in [-0.2, -0.15) is 0 Å². The fourth-order valence-corrected chi connectivity index (χ4v) is 2.37. The van der Waals surface area contributed by atoms with E-state index in [4.69, 9.17) is 0 Å². The average Bonchev–Trinajstić information content (AvgIpc) is 2.55. The topological polar surface area (TPSA) is 42.8 Å². The van der Waals surface area contributed by atoms with Crippen molar-refractivity contribution in [2.24, 2.45) is 0 Å². The molecule has 1 unspecified atom stereocenters. The van der Waals surface area contributed by atoms with Gasteiger partial charge in [-0.25, -0.2) is 0 Å². The Morgan fingerprint density at radius 2 is 1.72 bits per heavy atom. The van der Waals surface area contributed by atoms with E-state index in [-0.39, 0.29) is 18.2 Å². The monoisotopic (exact) mass is 353 g/mol.